The van der Waals surface area contributed by atoms with E-state index in [1.165, 1.54) is 4.31 Å². The van der Waals surface area contributed by atoms with Gasteiger partial charge in [-0.3, -0.25) is 4.79 Å². The van der Waals surface area contributed by atoms with Crippen LogP contribution in [0, 0.1) is 5.41 Å². The summed E-state index contributed by atoms with van der Waals surface area (Å²) in [7, 11) is -4.01. The minimum Gasteiger partial charge on any atom is -0.494 e. The third kappa shape index (κ3) is 6.99. The normalized spacial score (nSPS) is 17.4. The van der Waals surface area contributed by atoms with Crippen LogP contribution >= 0.6 is 0 Å². The van der Waals surface area contributed by atoms with Crippen LogP contribution in [-0.4, -0.2) is 68.0 Å². The summed E-state index contributed by atoms with van der Waals surface area (Å²) < 4.78 is 68.8. The number of carbonyl (C=O) groups is 1. The van der Waals surface area contributed by atoms with E-state index < -0.39 is 39.3 Å². The number of hydrogen-bond donors (Lipinski definition) is 1. The molecular weight excluding hydrogens is 437 g/mol. The summed E-state index contributed by atoms with van der Waals surface area (Å²) >= 11 is 0. The predicted molar refractivity (Wildman–Crippen MR) is 111 cm³/mol. The Morgan fingerprint density at radius 2 is 1.65 bits per heavy atom. The van der Waals surface area contributed by atoms with Gasteiger partial charge in [-0.15, -0.1) is 0 Å². The minimum atomic E-state index is -4.19. The van der Waals surface area contributed by atoms with Crippen LogP contribution in [0.25, 0.3) is 0 Å². The molecule has 1 saturated heterocycles. The van der Waals surface area contributed by atoms with E-state index in [4.69, 9.17) is 4.74 Å². The Labute approximate surface area is 180 Å². The number of ether oxygens (including phenoxy) is 1. The summed E-state index contributed by atoms with van der Waals surface area (Å²) in [4.78, 5) is 13.6. The molecule has 1 heterocycles. The molecule has 1 atom stereocenters. The molecule has 31 heavy (non-hydrogen) atoms. The molecule has 1 fully saturated rings. The number of aliphatic carboxylic acids is 1. The van der Waals surface area contributed by atoms with Crippen molar-refractivity contribution in [3.63, 3.8) is 0 Å². The molecular formula is C20H29F3N2O5S. The van der Waals surface area contributed by atoms with Crippen molar-refractivity contribution in [1.82, 2.24) is 4.31 Å². The number of rotatable bonds is 8. The zero-order chi connectivity index (χ0) is 23.4. The van der Waals surface area contributed by atoms with Crippen LogP contribution in [0.2, 0.25) is 0 Å². The maximum absolute atomic E-state index is 12.9. The van der Waals surface area contributed by atoms with Crippen LogP contribution < -0.4 is 9.64 Å². The van der Waals surface area contributed by atoms with Crippen molar-refractivity contribution < 1.29 is 36.2 Å². The molecule has 1 aromatic carbocycles. The molecule has 1 N–H and O–H groups in total. The minimum absolute atomic E-state index is 0.0338. The molecule has 0 bridgehead atoms. The van der Waals surface area contributed by atoms with E-state index in [1.54, 1.807) is 45.0 Å². The van der Waals surface area contributed by atoms with Gasteiger partial charge < -0.3 is 14.7 Å². The molecule has 0 aromatic heterocycles. The molecule has 0 aliphatic carbocycles. The number of carboxylic acids is 1. The number of alkyl halides is 3. The molecule has 11 heteroatoms. The smallest absolute Gasteiger partial charge is 0.389 e. The molecule has 0 amide bonds. The Hall–Kier alpha value is -2.01. The highest BCUT2D eigenvalue weighted by Gasteiger charge is 2.46. The van der Waals surface area contributed by atoms with Crippen molar-refractivity contribution >= 4 is 21.7 Å². The van der Waals surface area contributed by atoms with Gasteiger partial charge in [0.25, 0.3) is 0 Å². The van der Waals surface area contributed by atoms with E-state index in [1.807, 2.05) is 4.90 Å². The van der Waals surface area contributed by atoms with E-state index in [-0.39, 0.29) is 26.1 Å². The number of carboxylic acid groups (broad SMARTS) is 1. The van der Waals surface area contributed by atoms with E-state index in [0.717, 1.165) is 5.69 Å². The fraction of sp³-hybridized carbons (Fsp3) is 0.650. The lowest BCUT2D eigenvalue weighted by atomic mass is 9.92. The van der Waals surface area contributed by atoms with E-state index in [9.17, 15) is 31.5 Å². The molecule has 7 nitrogen and oxygen atoms in total. The lowest BCUT2D eigenvalue weighted by molar-refractivity contribution is -0.138. The third-order valence-electron chi connectivity index (χ3n) is 4.98. The van der Waals surface area contributed by atoms with Gasteiger partial charge in [0.1, 0.15) is 5.75 Å². The lowest BCUT2D eigenvalue weighted by Crippen LogP contribution is -2.55. The van der Waals surface area contributed by atoms with Gasteiger partial charge in [0.05, 0.1) is 6.61 Å². The Morgan fingerprint density at radius 1 is 1.10 bits per heavy atom. The zero-order valence-corrected chi connectivity index (χ0v) is 18.7. The zero-order valence-electron chi connectivity index (χ0n) is 17.9. The van der Waals surface area contributed by atoms with Gasteiger partial charge in [-0.1, -0.05) is 20.8 Å². The fourth-order valence-electron chi connectivity index (χ4n) is 3.51. The standard InChI is InChI=1S/C20H29F3N2O5S/c1-19(2,3)17(18(26)27)31(28,29)25-12-10-24(11-13-25)15-5-7-16(8-6-15)30-14-4-9-20(21,22)23/h5-8,17H,4,9-14H2,1-3H3,(H,26,27). The SMILES string of the molecule is CC(C)(C)C(C(=O)O)S(=O)(=O)N1CCN(c2ccc(OCCCC(F)(F)F)cc2)CC1. The van der Waals surface area contributed by atoms with Crippen LogP contribution in [0.4, 0.5) is 18.9 Å². The third-order valence-corrected chi connectivity index (χ3v) is 7.57. The number of anilines is 1. The van der Waals surface area contributed by atoms with Gasteiger partial charge in [-0.05, 0) is 36.1 Å². The van der Waals surface area contributed by atoms with Crippen molar-refractivity contribution in [1.29, 1.82) is 0 Å². The molecule has 2 rings (SSSR count). The summed E-state index contributed by atoms with van der Waals surface area (Å²) in [6.07, 6.45) is -5.20. The highest BCUT2D eigenvalue weighted by molar-refractivity contribution is 7.90. The number of benzene rings is 1. The van der Waals surface area contributed by atoms with Gasteiger partial charge in [0.2, 0.25) is 10.0 Å². The van der Waals surface area contributed by atoms with Gasteiger partial charge >= 0.3 is 12.1 Å². The first-order valence-electron chi connectivity index (χ1n) is 9.98. The summed E-state index contributed by atoms with van der Waals surface area (Å²) in [5.41, 5.74) is -0.122. The van der Waals surface area contributed by atoms with Gasteiger partial charge in [-0.2, -0.15) is 17.5 Å². The van der Waals surface area contributed by atoms with Crippen LogP contribution in [0.3, 0.4) is 0 Å². The Morgan fingerprint density at radius 3 is 2.10 bits per heavy atom. The average Bonchev–Trinajstić information content (AvgIpc) is 2.63. The summed E-state index contributed by atoms with van der Waals surface area (Å²) in [5, 5.41) is 7.94. The predicted octanol–water partition coefficient (Wildman–Crippen LogP) is 3.36. The second-order valence-electron chi connectivity index (χ2n) is 8.58. The first-order chi connectivity index (χ1) is 14.2. The van der Waals surface area contributed by atoms with E-state index >= 15 is 0 Å². The molecule has 1 aromatic rings. The van der Waals surface area contributed by atoms with Crippen LogP contribution in [0.5, 0.6) is 5.75 Å². The Balaban J connectivity index is 1.93. The number of piperazine rings is 1. The molecule has 176 valence electrons. The quantitative estimate of drug-likeness (QED) is 0.592. The second-order valence-corrected chi connectivity index (χ2v) is 10.6. The number of nitrogens with zero attached hydrogens (tertiary/aromatic N) is 2. The molecule has 0 radical (unpaired) electrons. The lowest BCUT2D eigenvalue weighted by Gasteiger charge is -2.38. The van der Waals surface area contributed by atoms with Gasteiger partial charge in [0.15, 0.2) is 5.25 Å². The van der Waals surface area contributed by atoms with Crippen molar-refractivity contribution in [2.75, 3.05) is 37.7 Å². The first kappa shape index (κ1) is 25.3. The average molecular weight is 467 g/mol. The number of halogens is 3. The molecule has 0 saturated carbocycles. The van der Waals surface area contributed by atoms with Gasteiger partial charge in [0, 0.05) is 38.3 Å². The van der Waals surface area contributed by atoms with Crippen molar-refractivity contribution in [2.45, 2.75) is 45.0 Å². The van der Waals surface area contributed by atoms with Gasteiger partial charge in [-0.25, -0.2) is 8.42 Å². The van der Waals surface area contributed by atoms with Crippen LogP contribution in [0.1, 0.15) is 33.6 Å². The Bertz CT molecular complexity index is 843. The largest absolute Gasteiger partial charge is 0.494 e. The highest BCUT2D eigenvalue weighted by Crippen LogP contribution is 2.30. The molecule has 1 unspecified atom stereocenters. The van der Waals surface area contributed by atoms with Crippen LogP contribution in [-0.2, 0) is 14.8 Å². The van der Waals surface area contributed by atoms with E-state index in [2.05, 4.69) is 0 Å². The summed E-state index contributed by atoms with van der Waals surface area (Å²) in [6, 6.07) is 6.84. The number of sulfonamides is 1. The first-order valence-corrected chi connectivity index (χ1v) is 11.5. The summed E-state index contributed by atoms with van der Waals surface area (Å²) in [6.45, 7) is 5.84. The number of hydrogen-bond acceptors (Lipinski definition) is 5. The van der Waals surface area contributed by atoms with E-state index in [0.29, 0.717) is 18.8 Å². The van der Waals surface area contributed by atoms with Crippen LogP contribution in [0.15, 0.2) is 24.3 Å². The molecule has 1 aliphatic rings. The topological polar surface area (TPSA) is 87.1 Å². The molecule has 1 aliphatic heterocycles. The van der Waals surface area contributed by atoms with Crippen molar-refractivity contribution in [3.8, 4) is 5.75 Å². The fourth-order valence-corrected chi connectivity index (χ4v) is 5.63. The van der Waals surface area contributed by atoms with Crippen molar-refractivity contribution in [3.05, 3.63) is 24.3 Å². The molecule has 0 spiro atoms. The maximum Gasteiger partial charge on any atom is 0.389 e. The summed E-state index contributed by atoms with van der Waals surface area (Å²) in [5.74, 6) is -0.901. The highest BCUT2D eigenvalue weighted by atomic mass is 32.2. The second kappa shape index (κ2) is 9.64. The van der Waals surface area contributed by atoms with Crippen molar-refractivity contribution in [2.24, 2.45) is 5.41 Å². The monoisotopic (exact) mass is 466 g/mol. The Kier molecular flexibility index (Phi) is 7.85. The maximum atomic E-state index is 12.9.